The fourth-order valence-electron chi connectivity index (χ4n) is 2.87. The van der Waals surface area contributed by atoms with Crippen LogP contribution in [-0.4, -0.2) is 40.9 Å². The van der Waals surface area contributed by atoms with Gasteiger partial charge in [0.1, 0.15) is 5.54 Å². The molecular formula is C15H19N3O3. The first-order valence-electron chi connectivity index (χ1n) is 7.12. The van der Waals surface area contributed by atoms with Crippen molar-refractivity contribution in [3.8, 4) is 5.88 Å². The number of nitrogens with zero attached hydrogens (tertiary/aromatic N) is 2. The molecule has 1 N–H and O–H groups in total. The van der Waals surface area contributed by atoms with E-state index in [-0.39, 0.29) is 24.3 Å². The Hall–Kier alpha value is -2.11. The van der Waals surface area contributed by atoms with Crippen LogP contribution in [0, 0.1) is 5.92 Å². The number of hydrogen-bond donors (Lipinski definition) is 1. The van der Waals surface area contributed by atoms with Crippen LogP contribution in [0.4, 0.5) is 0 Å². The smallest absolute Gasteiger partial charge is 0.249 e. The van der Waals surface area contributed by atoms with Crippen LogP contribution in [0.15, 0.2) is 18.3 Å². The Morgan fingerprint density at radius 1 is 1.43 bits per heavy atom. The van der Waals surface area contributed by atoms with Gasteiger partial charge in [-0.25, -0.2) is 4.98 Å². The van der Waals surface area contributed by atoms with E-state index in [0.29, 0.717) is 12.4 Å². The molecule has 2 heterocycles. The lowest BCUT2D eigenvalue weighted by molar-refractivity contribution is -0.150. The SMILES string of the molecule is COc1ccc(CN2CC(=O)NC(C)(C3CC3)C2=O)cn1. The second-order valence-corrected chi connectivity index (χ2v) is 5.89. The monoisotopic (exact) mass is 289 g/mol. The molecule has 2 fully saturated rings. The van der Waals surface area contributed by atoms with Crippen molar-refractivity contribution in [2.24, 2.45) is 5.92 Å². The Morgan fingerprint density at radius 2 is 2.19 bits per heavy atom. The lowest BCUT2D eigenvalue weighted by Crippen LogP contribution is -2.66. The summed E-state index contributed by atoms with van der Waals surface area (Å²) in [5, 5.41) is 2.87. The number of piperazine rings is 1. The number of ether oxygens (including phenoxy) is 1. The number of amides is 2. The van der Waals surface area contributed by atoms with E-state index in [1.54, 1.807) is 24.3 Å². The van der Waals surface area contributed by atoms with Gasteiger partial charge in [0, 0.05) is 18.8 Å². The van der Waals surface area contributed by atoms with E-state index in [0.717, 1.165) is 18.4 Å². The zero-order valence-corrected chi connectivity index (χ0v) is 12.3. The standard InChI is InChI=1S/C15H19N3O3/c1-15(11-4-5-11)14(20)18(9-12(19)17-15)8-10-3-6-13(21-2)16-7-10/h3,6-7,11H,4-5,8-9H2,1-2H3,(H,17,19). The number of pyridine rings is 1. The van der Waals surface area contributed by atoms with Gasteiger partial charge in [0.25, 0.3) is 0 Å². The van der Waals surface area contributed by atoms with Crippen LogP contribution in [0.2, 0.25) is 0 Å². The zero-order chi connectivity index (χ0) is 15.0. The summed E-state index contributed by atoms with van der Waals surface area (Å²) in [4.78, 5) is 30.3. The van der Waals surface area contributed by atoms with Crippen molar-refractivity contribution >= 4 is 11.8 Å². The van der Waals surface area contributed by atoms with Crippen molar-refractivity contribution in [2.75, 3.05) is 13.7 Å². The molecule has 1 aliphatic heterocycles. The van der Waals surface area contributed by atoms with Gasteiger partial charge in [-0.15, -0.1) is 0 Å². The molecule has 21 heavy (non-hydrogen) atoms. The second-order valence-electron chi connectivity index (χ2n) is 5.89. The van der Waals surface area contributed by atoms with Crippen LogP contribution >= 0.6 is 0 Å². The number of aromatic nitrogens is 1. The minimum atomic E-state index is -0.741. The summed E-state index contributed by atoms with van der Waals surface area (Å²) in [7, 11) is 1.56. The van der Waals surface area contributed by atoms with Gasteiger partial charge in [0.15, 0.2) is 0 Å². The molecule has 1 saturated heterocycles. The van der Waals surface area contributed by atoms with Gasteiger partial charge in [-0.2, -0.15) is 0 Å². The quantitative estimate of drug-likeness (QED) is 0.886. The van der Waals surface area contributed by atoms with Gasteiger partial charge in [0.05, 0.1) is 13.7 Å². The Labute approximate surface area is 123 Å². The van der Waals surface area contributed by atoms with Crippen LogP contribution in [-0.2, 0) is 16.1 Å². The number of rotatable bonds is 4. The maximum Gasteiger partial charge on any atom is 0.249 e. The molecule has 1 aliphatic carbocycles. The highest BCUT2D eigenvalue weighted by atomic mass is 16.5. The summed E-state index contributed by atoms with van der Waals surface area (Å²) in [5.41, 5.74) is 0.145. The highest BCUT2D eigenvalue weighted by Crippen LogP contribution is 2.41. The Balaban J connectivity index is 1.76. The first-order valence-corrected chi connectivity index (χ1v) is 7.12. The number of methoxy groups -OCH3 is 1. The van der Waals surface area contributed by atoms with Gasteiger partial charge < -0.3 is 15.0 Å². The summed E-state index contributed by atoms with van der Waals surface area (Å²) in [5.74, 6) is 0.709. The number of carbonyl (C=O) groups excluding carboxylic acids is 2. The Bertz CT molecular complexity index is 568. The highest BCUT2D eigenvalue weighted by molar-refractivity contribution is 5.98. The average molecular weight is 289 g/mol. The topological polar surface area (TPSA) is 71.5 Å². The number of nitrogens with one attached hydrogen (secondary N) is 1. The average Bonchev–Trinajstić information content (AvgIpc) is 3.30. The summed E-state index contributed by atoms with van der Waals surface area (Å²) in [6.07, 6.45) is 3.67. The molecule has 3 rings (SSSR count). The van der Waals surface area contributed by atoms with Crippen molar-refractivity contribution < 1.29 is 14.3 Å². The number of hydrogen-bond acceptors (Lipinski definition) is 4. The molecule has 2 amide bonds. The summed E-state index contributed by atoms with van der Waals surface area (Å²) in [6.45, 7) is 2.34. The zero-order valence-electron chi connectivity index (χ0n) is 12.3. The van der Waals surface area contributed by atoms with E-state index >= 15 is 0 Å². The highest BCUT2D eigenvalue weighted by Gasteiger charge is 2.52. The Kier molecular flexibility index (Phi) is 3.31. The molecule has 1 unspecified atom stereocenters. The van der Waals surface area contributed by atoms with Crippen molar-refractivity contribution in [1.29, 1.82) is 0 Å². The van der Waals surface area contributed by atoms with E-state index in [1.165, 1.54) is 0 Å². The van der Waals surface area contributed by atoms with Gasteiger partial charge in [0.2, 0.25) is 17.7 Å². The molecule has 1 aromatic rings. The minimum absolute atomic E-state index is 0.000387. The van der Waals surface area contributed by atoms with Crippen molar-refractivity contribution in [2.45, 2.75) is 31.8 Å². The molecule has 1 atom stereocenters. The largest absolute Gasteiger partial charge is 0.481 e. The molecule has 1 saturated carbocycles. The molecular weight excluding hydrogens is 270 g/mol. The third kappa shape index (κ3) is 2.57. The molecule has 6 heteroatoms. The van der Waals surface area contributed by atoms with Gasteiger partial charge in [-0.05, 0) is 31.2 Å². The molecule has 1 aromatic heterocycles. The van der Waals surface area contributed by atoms with Gasteiger partial charge >= 0.3 is 0 Å². The summed E-state index contributed by atoms with van der Waals surface area (Å²) < 4.78 is 5.01. The molecule has 0 spiro atoms. The third-order valence-corrected chi connectivity index (χ3v) is 4.24. The van der Waals surface area contributed by atoms with Crippen LogP contribution in [0.1, 0.15) is 25.3 Å². The van der Waals surface area contributed by atoms with Crippen LogP contribution in [0.25, 0.3) is 0 Å². The van der Waals surface area contributed by atoms with E-state index < -0.39 is 5.54 Å². The van der Waals surface area contributed by atoms with Crippen molar-refractivity contribution in [3.05, 3.63) is 23.9 Å². The van der Waals surface area contributed by atoms with Crippen molar-refractivity contribution in [3.63, 3.8) is 0 Å². The lowest BCUT2D eigenvalue weighted by atomic mass is 9.91. The molecule has 6 nitrogen and oxygen atoms in total. The predicted molar refractivity (Wildman–Crippen MR) is 75.5 cm³/mol. The fraction of sp³-hybridized carbons (Fsp3) is 0.533. The third-order valence-electron chi connectivity index (χ3n) is 4.24. The maximum atomic E-state index is 12.7. The van der Waals surface area contributed by atoms with Crippen LogP contribution in [0.3, 0.4) is 0 Å². The second kappa shape index (κ2) is 5.02. The molecule has 0 bridgehead atoms. The van der Waals surface area contributed by atoms with E-state index in [1.807, 2.05) is 13.0 Å². The fourth-order valence-corrected chi connectivity index (χ4v) is 2.87. The van der Waals surface area contributed by atoms with E-state index in [2.05, 4.69) is 10.3 Å². The van der Waals surface area contributed by atoms with Crippen LogP contribution < -0.4 is 10.1 Å². The molecule has 0 radical (unpaired) electrons. The predicted octanol–water partition coefficient (Wildman–Crippen LogP) is 0.717. The molecule has 2 aliphatic rings. The minimum Gasteiger partial charge on any atom is -0.481 e. The first-order chi connectivity index (χ1) is 10.0. The first kappa shape index (κ1) is 13.9. The summed E-state index contributed by atoms with van der Waals surface area (Å²) in [6, 6.07) is 3.62. The van der Waals surface area contributed by atoms with Gasteiger partial charge in [-0.1, -0.05) is 6.07 Å². The molecule has 0 aromatic carbocycles. The number of carbonyl (C=O) groups is 2. The van der Waals surface area contributed by atoms with Gasteiger partial charge in [-0.3, -0.25) is 9.59 Å². The van der Waals surface area contributed by atoms with Crippen LogP contribution in [0.5, 0.6) is 5.88 Å². The van der Waals surface area contributed by atoms with Crippen molar-refractivity contribution in [1.82, 2.24) is 15.2 Å². The lowest BCUT2D eigenvalue weighted by Gasteiger charge is -2.40. The molecule has 112 valence electrons. The van der Waals surface area contributed by atoms with E-state index in [9.17, 15) is 9.59 Å². The Morgan fingerprint density at radius 3 is 2.76 bits per heavy atom. The summed E-state index contributed by atoms with van der Waals surface area (Å²) >= 11 is 0. The van der Waals surface area contributed by atoms with E-state index in [4.69, 9.17) is 4.74 Å². The normalized spacial score (nSPS) is 25.7. The maximum absolute atomic E-state index is 12.7.